The predicted octanol–water partition coefficient (Wildman–Crippen LogP) is 14.3. The summed E-state index contributed by atoms with van der Waals surface area (Å²) in [7, 11) is 2.14. The second-order valence-electron chi connectivity index (χ2n) is 16.7. The van der Waals surface area contributed by atoms with Gasteiger partial charge in [-0.3, -0.25) is 0 Å². The van der Waals surface area contributed by atoms with Gasteiger partial charge in [-0.05, 0) is 84.0 Å². The summed E-state index contributed by atoms with van der Waals surface area (Å²) in [6.07, 6.45) is 0. The van der Waals surface area contributed by atoms with Crippen molar-refractivity contribution in [2.75, 3.05) is 0 Å². The first-order valence-electron chi connectivity index (χ1n) is 16.8. The van der Waals surface area contributed by atoms with Crippen LogP contribution >= 0.6 is 22.7 Å². The van der Waals surface area contributed by atoms with Crippen molar-refractivity contribution in [3.63, 3.8) is 0 Å². The molecule has 0 saturated carbocycles. The zero-order chi connectivity index (χ0) is 35.4. The van der Waals surface area contributed by atoms with E-state index < -0.39 is 0 Å². The summed E-state index contributed by atoms with van der Waals surface area (Å²) >= 11 is 3.79. The molecule has 0 aliphatic rings. The number of thiophene rings is 2. The molecule has 6 rings (SSSR count). The van der Waals surface area contributed by atoms with Gasteiger partial charge in [0.25, 0.3) is 0 Å². The smallest absolute Gasteiger partial charge is 0.0480 e. The number of fused-ring (bicyclic) bond motifs is 2. The number of aromatic nitrogens is 2. The van der Waals surface area contributed by atoms with E-state index in [2.05, 4.69) is 198 Å². The normalized spacial score (nSPS) is 11.9. The number of hydrogen-bond acceptors (Lipinski definition) is 2. The van der Waals surface area contributed by atoms with Crippen LogP contribution in [0.4, 0.5) is 0 Å². The number of nitrogens with zero attached hydrogens (tertiary/aromatic N) is 1. The van der Waals surface area contributed by atoms with Gasteiger partial charge in [0.15, 0.2) is 0 Å². The summed E-state index contributed by atoms with van der Waals surface area (Å²) in [4.78, 5) is 9.20. The number of aromatic amines is 1. The molecule has 0 bridgehead atoms. The van der Waals surface area contributed by atoms with E-state index in [0.29, 0.717) is 10.8 Å². The largest absolute Gasteiger partial charge is 0.358 e. The number of rotatable bonds is 0. The standard InChI is InChI=1S/C13H17N.C12H15N.2C9H14S.CH4/c1-13(2,3)12-9-10-7-5-6-8-11(10)14(12)4;1-12(2,3)11-8-9-6-4-5-7-10(9)13-11;2*1-7-5-6-8(10-7)9(2,3)4;/h5-9H,1-4H3;4-8,13H,1-3H3;2*5-6H,1-4H3;1H4. The Morgan fingerprint density at radius 1 is 0.521 bits per heavy atom. The van der Waals surface area contributed by atoms with Crippen LogP contribution in [0.2, 0.25) is 0 Å². The van der Waals surface area contributed by atoms with E-state index in [9.17, 15) is 0 Å². The average molecular weight is 685 g/mol. The molecule has 0 aliphatic carbocycles. The van der Waals surface area contributed by atoms with Gasteiger partial charge in [0.1, 0.15) is 0 Å². The van der Waals surface area contributed by atoms with Gasteiger partial charge in [-0.15, -0.1) is 22.7 Å². The lowest BCUT2D eigenvalue weighted by atomic mass is 9.92. The minimum Gasteiger partial charge on any atom is -0.358 e. The van der Waals surface area contributed by atoms with Crippen LogP contribution in [-0.4, -0.2) is 9.55 Å². The lowest BCUT2D eigenvalue weighted by molar-refractivity contribution is 0.547. The third-order valence-corrected chi connectivity index (χ3v) is 10.9. The average Bonchev–Trinajstić information content (AvgIpc) is 3.74. The molecule has 2 aromatic carbocycles. The minimum atomic E-state index is 0. The maximum atomic E-state index is 3.44. The first kappa shape index (κ1) is 41.1. The summed E-state index contributed by atoms with van der Waals surface area (Å²) in [5, 5.41) is 2.63. The third-order valence-electron chi connectivity index (χ3n) is 8.02. The lowest BCUT2D eigenvalue weighted by Crippen LogP contribution is -2.15. The fourth-order valence-electron chi connectivity index (χ4n) is 5.16. The van der Waals surface area contributed by atoms with E-state index in [4.69, 9.17) is 0 Å². The van der Waals surface area contributed by atoms with Gasteiger partial charge in [0.05, 0.1) is 0 Å². The van der Waals surface area contributed by atoms with Crippen LogP contribution in [0.25, 0.3) is 21.8 Å². The van der Waals surface area contributed by atoms with Crippen molar-refractivity contribution in [2.45, 2.75) is 126 Å². The van der Waals surface area contributed by atoms with Crippen molar-refractivity contribution < 1.29 is 0 Å². The Labute approximate surface area is 301 Å². The summed E-state index contributed by atoms with van der Waals surface area (Å²) in [5.41, 5.74) is 6.32. The highest BCUT2D eigenvalue weighted by Crippen LogP contribution is 2.30. The van der Waals surface area contributed by atoms with Crippen LogP contribution < -0.4 is 0 Å². The van der Waals surface area contributed by atoms with Crippen molar-refractivity contribution in [3.05, 3.63) is 116 Å². The molecule has 1 N–H and O–H groups in total. The van der Waals surface area contributed by atoms with Crippen molar-refractivity contribution >= 4 is 44.5 Å². The maximum absolute atomic E-state index is 3.44. The summed E-state index contributed by atoms with van der Waals surface area (Å²) in [5.74, 6) is 0. The number of para-hydroxylation sites is 2. The fourth-order valence-corrected chi connectivity index (χ4v) is 7.01. The van der Waals surface area contributed by atoms with E-state index >= 15 is 0 Å². The molecule has 0 aliphatic heterocycles. The lowest BCUT2D eigenvalue weighted by Gasteiger charge is -2.19. The van der Waals surface area contributed by atoms with Crippen LogP contribution in [0, 0.1) is 13.8 Å². The van der Waals surface area contributed by atoms with Crippen molar-refractivity contribution in [1.29, 1.82) is 0 Å². The quantitative estimate of drug-likeness (QED) is 0.164. The van der Waals surface area contributed by atoms with E-state index in [1.165, 1.54) is 52.7 Å². The zero-order valence-electron chi connectivity index (χ0n) is 31.8. The van der Waals surface area contributed by atoms with Gasteiger partial charge in [0, 0.05) is 59.8 Å². The monoisotopic (exact) mass is 684 g/mol. The molecule has 0 saturated heterocycles. The molecule has 2 nitrogen and oxygen atoms in total. The van der Waals surface area contributed by atoms with Crippen molar-refractivity contribution in [2.24, 2.45) is 7.05 Å². The summed E-state index contributed by atoms with van der Waals surface area (Å²) in [6, 6.07) is 30.2. The number of H-pyrrole nitrogens is 1. The van der Waals surface area contributed by atoms with E-state index in [1.54, 1.807) is 0 Å². The van der Waals surface area contributed by atoms with Gasteiger partial charge < -0.3 is 9.55 Å². The van der Waals surface area contributed by atoms with E-state index in [0.717, 1.165) is 0 Å². The number of nitrogens with one attached hydrogen (secondary N) is 1. The van der Waals surface area contributed by atoms with Gasteiger partial charge in [-0.2, -0.15) is 0 Å². The van der Waals surface area contributed by atoms with E-state index in [1.807, 2.05) is 22.7 Å². The molecule has 0 atom stereocenters. The van der Waals surface area contributed by atoms with Crippen LogP contribution in [0.5, 0.6) is 0 Å². The second-order valence-corrected chi connectivity index (χ2v) is 19.3. The van der Waals surface area contributed by atoms with Crippen molar-refractivity contribution in [1.82, 2.24) is 9.55 Å². The predicted molar refractivity (Wildman–Crippen MR) is 221 cm³/mol. The van der Waals surface area contributed by atoms with Crippen LogP contribution in [0.3, 0.4) is 0 Å². The molecule has 4 heteroatoms. The van der Waals surface area contributed by atoms with Gasteiger partial charge in [-0.1, -0.05) is 127 Å². The number of benzene rings is 2. The van der Waals surface area contributed by atoms with Crippen LogP contribution in [0.15, 0.2) is 84.9 Å². The first-order chi connectivity index (χ1) is 21.6. The third kappa shape index (κ3) is 11.5. The second kappa shape index (κ2) is 16.1. The molecule has 0 fully saturated rings. The summed E-state index contributed by atoms with van der Waals surface area (Å²) in [6.45, 7) is 31.2. The Morgan fingerprint density at radius 3 is 1.33 bits per heavy atom. The molecule has 0 spiro atoms. The van der Waals surface area contributed by atoms with Gasteiger partial charge in [0.2, 0.25) is 0 Å². The molecular weight excluding hydrogens is 621 g/mol. The Bertz CT molecular complexity index is 1760. The SMILES string of the molecule is C.CC(C)(C)c1cc2ccccc2[nH]1.Cc1ccc(C(C)(C)C)s1.Cc1ccc(C(C)(C)C)s1.Cn1c(C(C)(C)C)cc2ccccc21. The molecule has 4 heterocycles. The minimum absolute atomic E-state index is 0. The first-order valence-corrected chi connectivity index (χ1v) is 18.5. The van der Waals surface area contributed by atoms with Gasteiger partial charge >= 0.3 is 0 Å². The fraction of sp³-hybridized carbons (Fsp3) is 0.455. The highest BCUT2D eigenvalue weighted by Gasteiger charge is 2.19. The maximum Gasteiger partial charge on any atom is 0.0480 e. The van der Waals surface area contributed by atoms with Crippen LogP contribution in [-0.2, 0) is 28.7 Å². The highest BCUT2D eigenvalue weighted by molar-refractivity contribution is 7.12. The molecule has 4 aromatic heterocycles. The van der Waals surface area contributed by atoms with Crippen LogP contribution in [0.1, 0.15) is 121 Å². The zero-order valence-corrected chi connectivity index (χ0v) is 33.5. The number of hydrogen-bond donors (Lipinski definition) is 1. The molecule has 0 amide bonds. The van der Waals surface area contributed by atoms with E-state index in [-0.39, 0.29) is 18.3 Å². The van der Waals surface area contributed by atoms with Crippen molar-refractivity contribution in [3.8, 4) is 0 Å². The van der Waals surface area contributed by atoms with Gasteiger partial charge in [-0.25, -0.2) is 0 Å². The molecule has 262 valence electrons. The molecule has 48 heavy (non-hydrogen) atoms. The Kier molecular flexibility index (Phi) is 13.8. The summed E-state index contributed by atoms with van der Waals surface area (Å²) < 4.78 is 2.29. The topological polar surface area (TPSA) is 20.7 Å². The Hall–Kier alpha value is -3.08. The molecule has 0 radical (unpaired) electrons. The molecular formula is C44H64N2S2. The molecule has 0 unspecified atom stereocenters. The molecule has 6 aromatic rings. The Balaban J connectivity index is 0.000000223. The number of aryl methyl sites for hydroxylation is 3. The highest BCUT2D eigenvalue weighted by atomic mass is 32.1. The Morgan fingerprint density at radius 2 is 0.979 bits per heavy atom.